The fourth-order valence-corrected chi connectivity index (χ4v) is 3.41. The highest BCUT2D eigenvalue weighted by Gasteiger charge is 2.52. The van der Waals surface area contributed by atoms with E-state index in [1.807, 2.05) is 6.20 Å². The van der Waals surface area contributed by atoms with Crippen LogP contribution in [0.15, 0.2) is 6.20 Å². The fourth-order valence-electron chi connectivity index (χ4n) is 2.49. The van der Waals surface area contributed by atoms with E-state index in [2.05, 4.69) is 49.5 Å². The van der Waals surface area contributed by atoms with Gasteiger partial charge in [0.15, 0.2) is 5.13 Å². The predicted molar refractivity (Wildman–Crippen MR) is 87.5 cm³/mol. The van der Waals surface area contributed by atoms with Crippen LogP contribution in [-0.2, 0) is 9.31 Å². The van der Waals surface area contributed by atoms with Crippen LogP contribution in [-0.4, -0.2) is 61.4 Å². The molecule has 7 heteroatoms. The number of rotatable bonds is 2. The van der Waals surface area contributed by atoms with Crippen molar-refractivity contribution in [2.45, 2.75) is 38.9 Å². The molecule has 0 atom stereocenters. The molecule has 3 rings (SSSR count). The van der Waals surface area contributed by atoms with Gasteiger partial charge in [0.1, 0.15) is 0 Å². The van der Waals surface area contributed by atoms with E-state index in [0.29, 0.717) is 0 Å². The summed E-state index contributed by atoms with van der Waals surface area (Å²) in [5.74, 6) is 0. The van der Waals surface area contributed by atoms with E-state index in [1.54, 1.807) is 11.3 Å². The zero-order valence-corrected chi connectivity index (χ0v) is 14.4. The van der Waals surface area contributed by atoms with Crippen molar-refractivity contribution in [1.29, 1.82) is 0 Å². The molecule has 0 saturated carbocycles. The van der Waals surface area contributed by atoms with Crippen LogP contribution in [0, 0.1) is 0 Å². The summed E-state index contributed by atoms with van der Waals surface area (Å²) >= 11 is 1.69. The summed E-state index contributed by atoms with van der Waals surface area (Å²) in [5.41, 5.74) is -0.592. The number of likely N-dealkylation sites (N-methyl/N-ethyl adjacent to an activating group) is 1. The molecule has 1 aromatic heterocycles. The minimum absolute atomic E-state index is 0.296. The maximum Gasteiger partial charge on any atom is 0.507 e. The summed E-state index contributed by atoms with van der Waals surface area (Å²) in [6.07, 6.45) is 1.90. The molecule has 0 amide bonds. The Morgan fingerprint density at radius 1 is 1.10 bits per heavy atom. The Balaban J connectivity index is 1.71. The molecule has 3 heterocycles. The highest BCUT2D eigenvalue weighted by molar-refractivity contribution is 7.25. The van der Waals surface area contributed by atoms with Crippen LogP contribution in [0.3, 0.4) is 0 Å². The maximum atomic E-state index is 6.09. The lowest BCUT2D eigenvalue weighted by molar-refractivity contribution is 0.00578. The van der Waals surface area contributed by atoms with Crippen molar-refractivity contribution >= 4 is 28.4 Å². The molecule has 0 bridgehead atoms. The van der Waals surface area contributed by atoms with Crippen molar-refractivity contribution < 1.29 is 9.31 Å². The summed E-state index contributed by atoms with van der Waals surface area (Å²) in [5, 5.41) is 1.08. The second-order valence-electron chi connectivity index (χ2n) is 6.92. The first kappa shape index (κ1) is 15.3. The van der Waals surface area contributed by atoms with Crippen LogP contribution < -0.4 is 9.68 Å². The number of hydrogen-bond acceptors (Lipinski definition) is 6. The molecular weight excluding hydrogens is 285 g/mol. The van der Waals surface area contributed by atoms with Crippen molar-refractivity contribution in [3.8, 4) is 0 Å². The Kier molecular flexibility index (Phi) is 3.80. The first-order chi connectivity index (χ1) is 9.78. The molecule has 116 valence electrons. The molecule has 2 aliphatic heterocycles. The third kappa shape index (κ3) is 2.84. The number of nitrogens with zero attached hydrogens (tertiary/aromatic N) is 3. The highest BCUT2D eigenvalue weighted by Crippen LogP contribution is 2.37. The van der Waals surface area contributed by atoms with Crippen molar-refractivity contribution in [3.63, 3.8) is 0 Å². The van der Waals surface area contributed by atoms with Crippen LogP contribution in [0.2, 0.25) is 0 Å². The molecule has 0 N–H and O–H groups in total. The second kappa shape index (κ2) is 5.23. The summed E-state index contributed by atoms with van der Waals surface area (Å²) in [4.78, 5) is 9.26. The zero-order chi connectivity index (χ0) is 15.3. The zero-order valence-electron chi connectivity index (χ0n) is 13.5. The van der Waals surface area contributed by atoms with E-state index in [0.717, 1.165) is 36.1 Å². The minimum Gasteiger partial charge on any atom is -0.399 e. The van der Waals surface area contributed by atoms with Crippen LogP contribution in [0.25, 0.3) is 0 Å². The quantitative estimate of drug-likeness (QED) is 0.767. The van der Waals surface area contributed by atoms with Gasteiger partial charge in [-0.2, -0.15) is 0 Å². The summed E-state index contributed by atoms with van der Waals surface area (Å²) < 4.78 is 13.2. The number of hydrogen-bond donors (Lipinski definition) is 0. The Hall–Kier alpha value is -0.625. The van der Waals surface area contributed by atoms with Gasteiger partial charge in [0.05, 0.1) is 16.0 Å². The molecule has 1 aromatic rings. The van der Waals surface area contributed by atoms with Crippen LogP contribution >= 0.6 is 11.3 Å². The number of aromatic nitrogens is 1. The van der Waals surface area contributed by atoms with Gasteiger partial charge >= 0.3 is 7.12 Å². The van der Waals surface area contributed by atoms with E-state index in [1.165, 1.54) is 0 Å². The second-order valence-corrected chi connectivity index (χ2v) is 7.96. The van der Waals surface area contributed by atoms with Gasteiger partial charge < -0.3 is 19.1 Å². The Morgan fingerprint density at radius 2 is 1.67 bits per heavy atom. The van der Waals surface area contributed by atoms with Gasteiger partial charge in [-0.15, -0.1) is 11.3 Å². The van der Waals surface area contributed by atoms with E-state index in [4.69, 9.17) is 9.31 Å². The molecule has 2 aliphatic rings. The number of thiazole rings is 1. The normalized spacial score (nSPS) is 25.6. The standard InChI is InChI=1S/C14H24BN3O2S/c1-13(2)14(3,4)20-15(19-13)11-10-16-12(21-11)18-8-6-17(5)7-9-18/h10H,6-9H2,1-5H3. The molecule has 0 radical (unpaired) electrons. The number of piperazine rings is 1. The van der Waals surface area contributed by atoms with E-state index in [-0.39, 0.29) is 18.3 Å². The molecule has 2 saturated heterocycles. The minimum atomic E-state index is -0.297. The molecular formula is C14H24BN3O2S. The van der Waals surface area contributed by atoms with Crippen LogP contribution in [0.4, 0.5) is 5.13 Å². The van der Waals surface area contributed by atoms with Crippen molar-refractivity contribution in [3.05, 3.63) is 6.20 Å². The SMILES string of the molecule is CN1CCN(c2ncc(B3OC(C)(C)C(C)(C)O3)s2)CC1. The topological polar surface area (TPSA) is 37.8 Å². The average Bonchev–Trinajstić information content (AvgIpc) is 2.94. The van der Waals surface area contributed by atoms with E-state index < -0.39 is 0 Å². The van der Waals surface area contributed by atoms with Crippen LogP contribution in [0.5, 0.6) is 0 Å². The van der Waals surface area contributed by atoms with Crippen molar-refractivity contribution in [1.82, 2.24) is 9.88 Å². The monoisotopic (exact) mass is 309 g/mol. The molecule has 0 aliphatic carbocycles. The lowest BCUT2D eigenvalue weighted by Crippen LogP contribution is -2.44. The molecule has 0 aromatic carbocycles. The average molecular weight is 309 g/mol. The molecule has 0 spiro atoms. The highest BCUT2D eigenvalue weighted by atomic mass is 32.1. The maximum absolute atomic E-state index is 6.09. The first-order valence-corrected chi connectivity index (χ1v) is 8.35. The van der Waals surface area contributed by atoms with Gasteiger partial charge in [0.2, 0.25) is 0 Å². The number of anilines is 1. The Labute approximate surface area is 131 Å². The van der Waals surface area contributed by atoms with E-state index >= 15 is 0 Å². The van der Waals surface area contributed by atoms with Gasteiger partial charge in [0.25, 0.3) is 0 Å². The lowest BCUT2D eigenvalue weighted by Gasteiger charge is -2.32. The first-order valence-electron chi connectivity index (χ1n) is 7.53. The van der Waals surface area contributed by atoms with Gasteiger partial charge in [-0.05, 0) is 34.7 Å². The van der Waals surface area contributed by atoms with Crippen molar-refractivity contribution in [2.75, 3.05) is 38.1 Å². The van der Waals surface area contributed by atoms with Gasteiger partial charge in [0, 0.05) is 32.4 Å². The largest absolute Gasteiger partial charge is 0.507 e. The Morgan fingerprint density at radius 3 is 2.24 bits per heavy atom. The summed E-state index contributed by atoms with van der Waals surface area (Å²) in [6.45, 7) is 12.6. The van der Waals surface area contributed by atoms with Gasteiger partial charge in [-0.1, -0.05) is 0 Å². The molecule has 2 fully saturated rings. The summed E-state index contributed by atoms with van der Waals surface area (Å²) in [7, 11) is 1.86. The van der Waals surface area contributed by atoms with Gasteiger partial charge in [-0.3, -0.25) is 0 Å². The molecule has 21 heavy (non-hydrogen) atoms. The van der Waals surface area contributed by atoms with Crippen LogP contribution in [0.1, 0.15) is 27.7 Å². The predicted octanol–water partition coefficient (Wildman–Crippen LogP) is 1.19. The smallest absolute Gasteiger partial charge is 0.399 e. The summed E-state index contributed by atoms with van der Waals surface area (Å²) in [6, 6.07) is 0. The van der Waals surface area contributed by atoms with Crippen molar-refractivity contribution in [2.24, 2.45) is 0 Å². The Bertz CT molecular complexity index is 496. The van der Waals surface area contributed by atoms with E-state index in [9.17, 15) is 0 Å². The third-order valence-corrected chi connectivity index (χ3v) is 5.85. The van der Waals surface area contributed by atoms with Gasteiger partial charge in [-0.25, -0.2) is 4.98 Å². The molecule has 5 nitrogen and oxygen atoms in total. The fraction of sp³-hybridized carbons (Fsp3) is 0.786. The molecule has 0 unspecified atom stereocenters. The lowest BCUT2D eigenvalue weighted by atomic mass is 9.89. The third-order valence-electron chi connectivity index (χ3n) is 4.77.